The van der Waals surface area contributed by atoms with Crippen molar-refractivity contribution < 1.29 is 0 Å². The van der Waals surface area contributed by atoms with E-state index in [1.165, 1.54) is 22.3 Å². The van der Waals surface area contributed by atoms with Crippen LogP contribution in [0.1, 0.15) is 0 Å². The quantitative estimate of drug-likeness (QED) is 0.237. The monoisotopic (exact) mass is 412 g/mol. The zero-order valence-corrected chi connectivity index (χ0v) is 17.7. The fourth-order valence-corrected chi connectivity index (χ4v) is 3.94. The number of hydrogen-bond acceptors (Lipinski definition) is 2. The van der Waals surface area contributed by atoms with Crippen LogP contribution >= 0.6 is 0 Å². The van der Waals surface area contributed by atoms with E-state index in [4.69, 9.17) is 5.84 Å². The average Bonchev–Trinajstić information content (AvgIpc) is 2.89. The highest BCUT2D eigenvalue weighted by molar-refractivity contribution is 5.80. The van der Waals surface area contributed by atoms with Crippen molar-refractivity contribution in [2.45, 2.75) is 0 Å². The Balaban J connectivity index is 1.54. The predicted octanol–water partition coefficient (Wildman–Crippen LogP) is 7.70. The van der Waals surface area contributed by atoms with Crippen molar-refractivity contribution in [2.24, 2.45) is 5.84 Å². The SMILES string of the molecule is NN(c1ccc(-c2ccccc2)cc1)c1cc(-c2ccccc2)cc(-c2ccccc2)c1. The van der Waals surface area contributed by atoms with Crippen molar-refractivity contribution in [1.29, 1.82) is 0 Å². The van der Waals surface area contributed by atoms with E-state index in [2.05, 4.69) is 115 Å². The highest BCUT2D eigenvalue weighted by atomic mass is 15.4. The van der Waals surface area contributed by atoms with Crippen molar-refractivity contribution in [3.63, 3.8) is 0 Å². The molecule has 0 heterocycles. The minimum atomic E-state index is 0.939. The van der Waals surface area contributed by atoms with Crippen molar-refractivity contribution in [3.8, 4) is 33.4 Å². The van der Waals surface area contributed by atoms with Crippen LogP contribution in [-0.2, 0) is 0 Å². The Morgan fingerprint density at radius 1 is 0.344 bits per heavy atom. The van der Waals surface area contributed by atoms with Gasteiger partial charge < -0.3 is 0 Å². The van der Waals surface area contributed by atoms with Crippen LogP contribution in [-0.4, -0.2) is 0 Å². The topological polar surface area (TPSA) is 29.3 Å². The third kappa shape index (κ3) is 4.18. The predicted molar refractivity (Wildman–Crippen MR) is 136 cm³/mol. The molecule has 0 fully saturated rings. The summed E-state index contributed by atoms with van der Waals surface area (Å²) in [5.41, 5.74) is 8.85. The highest BCUT2D eigenvalue weighted by Gasteiger charge is 2.11. The van der Waals surface area contributed by atoms with E-state index in [-0.39, 0.29) is 0 Å². The molecule has 5 rings (SSSR count). The van der Waals surface area contributed by atoms with E-state index in [1.807, 2.05) is 18.2 Å². The zero-order valence-electron chi connectivity index (χ0n) is 17.7. The number of hydrogen-bond donors (Lipinski definition) is 1. The lowest BCUT2D eigenvalue weighted by Gasteiger charge is -2.21. The van der Waals surface area contributed by atoms with Gasteiger partial charge in [-0.1, -0.05) is 103 Å². The van der Waals surface area contributed by atoms with E-state index in [1.54, 1.807) is 5.01 Å². The Morgan fingerprint density at radius 2 is 0.719 bits per heavy atom. The second-order valence-electron chi connectivity index (χ2n) is 7.78. The highest BCUT2D eigenvalue weighted by Crippen LogP contribution is 2.34. The van der Waals surface area contributed by atoms with Crippen LogP contribution in [0.25, 0.3) is 33.4 Å². The van der Waals surface area contributed by atoms with E-state index in [9.17, 15) is 0 Å². The maximum Gasteiger partial charge on any atom is 0.0587 e. The third-order valence-corrected chi connectivity index (χ3v) is 5.66. The Hall–Kier alpha value is -4.14. The van der Waals surface area contributed by atoms with Gasteiger partial charge >= 0.3 is 0 Å². The van der Waals surface area contributed by atoms with Crippen LogP contribution in [0, 0.1) is 0 Å². The molecule has 0 spiro atoms. The number of rotatable bonds is 5. The lowest BCUT2D eigenvalue weighted by Crippen LogP contribution is -2.24. The van der Waals surface area contributed by atoms with Gasteiger partial charge in [0.05, 0.1) is 11.4 Å². The molecule has 0 aliphatic rings. The van der Waals surface area contributed by atoms with Crippen molar-refractivity contribution in [1.82, 2.24) is 0 Å². The van der Waals surface area contributed by atoms with Gasteiger partial charge in [0.1, 0.15) is 0 Å². The molecule has 0 atom stereocenters. The number of anilines is 2. The van der Waals surface area contributed by atoms with Gasteiger partial charge in [-0.25, -0.2) is 5.84 Å². The molecule has 0 aliphatic heterocycles. The second-order valence-corrected chi connectivity index (χ2v) is 7.78. The molecule has 0 radical (unpaired) electrons. The summed E-state index contributed by atoms with van der Waals surface area (Å²) in [5.74, 6) is 6.63. The first kappa shape index (κ1) is 19.8. The zero-order chi connectivity index (χ0) is 21.8. The molecule has 0 saturated heterocycles. The molecule has 0 amide bonds. The van der Waals surface area contributed by atoms with Crippen molar-refractivity contribution in [3.05, 3.63) is 133 Å². The first-order valence-corrected chi connectivity index (χ1v) is 10.7. The molecular formula is C30H24N2. The summed E-state index contributed by atoms with van der Waals surface area (Å²) in [6.07, 6.45) is 0. The van der Waals surface area contributed by atoms with Gasteiger partial charge in [-0.05, 0) is 63.7 Å². The van der Waals surface area contributed by atoms with Crippen LogP contribution in [0.15, 0.2) is 133 Å². The lowest BCUT2D eigenvalue weighted by molar-refractivity contribution is 1.09. The standard InChI is InChI=1S/C30H24N2/c31-32(29-18-16-26(17-19-29)23-10-4-1-5-11-23)30-21-27(24-12-6-2-7-13-24)20-28(22-30)25-14-8-3-9-15-25/h1-22H,31H2. The summed E-state index contributed by atoms with van der Waals surface area (Å²) >= 11 is 0. The van der Waals surface area contributed by atoms with Gasteiger partial charge in [0.15, 0.2) is 0 Å². The summed E-state index contributed by atoms with van der Waals surface area (Å²) in [6, 6.07) is 46.1. The second kappa shape index (κ2) is 8.93. The van der Waals surface area contributed by atoms with Gasteiger partial charge in [0.2, 0.25) is 0 Å². The molecule has 0 bridgehead atoms. The lowest BCUT2D eigenvalue weighted by atomic mass is 9.97. The van der Waals surface area contributed by atoms with E-state index >= 15 is 0 Å². The van der Waals surface area contributed by atoms with E-state index < -0.39 is 0 Å². The number of hydrazine groups is 1. The first-order valence-electron chi connectivity index (χ1n) is 10.7. The van der Waals surface area contributed by atoms with Crippen LogP contribution in [0.5, 0.6) is 0 Å². The van der Waals surface area contributed by atoms with E-state index in [0.29, 0.717) is 0 Å². The molecule has 154 valence electrons. The molecule has 0 saturated carbocycles. The Morgan fingerprint density at radius 3 is 1.16 bits per heavy atom. The normalized spacial score (nSPS) is 10.7. The summed E-state index contributed by atoms with van der Waals surface area (Å²) in [5, 5.41) is 1.76. The Bertz CT molecular complexity index is 1240. The van der Waals surface area contributed by atoms with Gasteiger partial charge in [-0.3, -0.25) is 5.01 Å². The van der Waals surface area contributed by atoms with Crippen molar-refractivity contribution in [2.75, 3.05) is 5.01 Å². The molecule has 2 N–H and O–H groups in total. The summed E-state index contributed by atoms with van der Waals surface area (Å²) in [7, 11) is 0. The summed E-state index contributed by atoms with van der Waals surface area (Å²) in [6.45, 7) is 0. The van der Waals surface area contributed by atoms with Crippen LogP contribution < -0.4 is 10.9 Å². The van der Waals surface area contributed by atoms with Gasteiger partial charge in [0, 0.05) is 0 Å². The summed E-state index contributed by atoms with van der Waals surface area (Å²) < 4.78 is 0. The van der Waals surface area contributed by atoms with Gasteiger partial charge in [-0.15, -0.1) is 0 Å². The minimum Gasteiger partial charge on any atom is -0.280 e. The number of nitrogens with zero attached hydrogens (tertiary/aromatic N) is 1. The first-order chi connectivity index (χ1) is 15.8. The number of nitrogens with two attached hydrogens (primary N) is 1. The van der Waals surface area contributed by atoms with Crippen LogP contribution in [0.3, 0.4) is 0 Å². The molecule has 2 heteroatoms. The van der Waals surface area contributed by atoms with Crippen molar-refractivity contribution >= 4 is 11.4 Å². The molecular weight excluding hydrogens is 388 g/mol. The molecule has 0 aromatic heterocycles. The maximum absolute atomic E-state index is 6.63. The number of benzene rings is 5. The van der Waals surface area contributed by atoms with Crippen LogP contribution in [0.4, 0.5) is 11.4 Å². The average molecular weight is 413 g/mol. The van der Waals surface area contributed by atoms with Gasteiger partial charge in [-0.2, -0.15) is 0 Å². The fraction of sp³-hybridized carbons (Fsp3) is 0. The fourth-order valence-electron chi connectivity index (χ4n) is 3.94. The molecule has 5 aromatic rings. The van der Waals surface area contributed by atoms with Gasteiger partial charge in [0.25, 0.3) is 0 Å². The molecule has 2 nitrogen and oxygen atoms in total. The molecule has 0 unspecified atom stereocenters. The third-order valence-electron chi connectivity index (χ3n) is 5.66. The molecule has 5 aromatic carbocycles. The molecule has 32 heavy (non-hydrogen) atoms. The largest absolute Gasteiger partial charge is 0.280 e. The minimum absolute atomic E-state index is 0.939. The Kier molecular flexibility index (Phi) is 5.52. The van der Waals surface area contributed by atoms with E-state index in [0.717, 1.165) is 22.5 Å². The van der Waals surface area contributed by atoms with Crippen LogP contribution in [0.2, 0.25) is 0 Å². The molecule has 0 aliphatic carbocycles. The maximum atomic E-state index is 6.63. The Labute approximate surface area is 189 Å². The smallest absolute Gasteiger partial charge is 0.0587 e. The summed E-state index contributed by atoms with van der Waals surface area (Å²) in [4.78, 5) is 0.